The number of hydrogen-bond acceptors (Lipinski definition) is 5. The maximum atomic E-state index is 5.21. The summed E-state index contributed by atoms with van der Waals surface area (Å²) in [5, 5.41) is 0. The minimum Gasteiger partial charge on any atom is -0.353 e. The van der Waals surface area contributed by atoms with Crippen molar-refractivity contribution in [3.05, 3.63) is 76.7 Å². The summed E-state index contributed by atoms with van der Waals surface area (Å²) in [6.45, 7) is 5.34. The highest BCUT2D eigenvalue weighted by Crippen LogP contribution is 2.44. The fourth-order valence-electron chi connectivity index (χ4n) is 4.30. The molecule has 0 spiro atoms. The molecule has 1 fully saturated rings. The Morgan fingerprint density at radius 3 is 2.70 bits per heavy atom. The zero-order chi connectivity index (χ0) is 20.5. The Morgan fingerprint density at radius 2 is 1.83 bits per heavy atom. The van der Waals surface area contributed by atoms with E-state index < -0.39 is 0 Å². The monoisotopic (exact) mass is 433 g/mol. The molecular formula is C25H27N3S2. The Labute approximate surface area is 187 Å². The molecule has 0 aliphatic carbocycles. The third-order valence-corrected chi connectivity index (χ3v) is 8.36. The van der Waals surface area contributed by atoms with E-state index in [4.69, 9.17) is 4.99 Å². The van der Waals surface area contributed by atoms with Crippen LogP contribution in [-0.4, -0.2) is 48.4 Å². The van der Waals surface area contributed by atoms with Gasteiger partial charge in [-0.2, -0.15) is 0 Å². The topological polar surface area (TPSA) is 18.8 Å². The van der Waals surface area contributed by atoms with E-state index in [1.807, 2.05) is 23.1 Å². The smallest absolute Gasteiger partial charge is 0.138 e. The van der Waals surface area contributed by atoms with E-state index in [-0.39, 0.29) is 0 Å². The summed E-state index contributed by atoms with van der Waals surface area (Å²) in [6, 6.07) is 22.3. The zero-order valence-electron chi connectivity index (χ0n) is 17.5. The Kier molecular flexibility index (Phi) is 5.68. The highest BCUT2D eigenvalue weighted by molar-refractivity contribution is 8.01. The van der Waals surface area contributed by atoms with Crippen LogP contribution in [0.1, 0.15) is 22.4 Å². The number of aliphatic imine (C=N–C) groups is 1. The molecule has 0 amide bonds. The molecule has 0 radical (unpaired) electrons. The molecule has 0 saturated carbocycles. The highest BCUT2D eigenvalue weighted by Gasteiger charge is 2.30. The SMILES string of the molecule is Cc1cc2c(s1)Sc1ccccc1N=C2N1CCN(C)C(CCc2ccccc2)C1. The van der Waals surface area contributed by atoms with Gasteiger partial charge >= 0.3 is 0 Å². The number of piperazine rings is 1. The van der Waals surface area contributed by atoms with Gasteiger partial charge in [0.2, 0.25) is 0 Å². The van der Waals surface area contributed by atoms with E-state index in [1.165, 1.54) is 31.5 Å². The predicted molar refractivity (Wildman–Crippen MR) is 129 cm³/mol. The van der Waals surface area contributed by atoms with Crippen LogP contribution in [0.4, 0.5) is 5.69 Å². The van der Waals surface area contributed by atoms with E-state index in [9.17, 15) is 0 Å². The molecule has 30 heavy (non-hydrogen) atoms. The molecular weight excluding hydrogens is 406 g/mol. The van der Waals surface area contributed by atoms with Gasteiger partial charge in [-0.3, -0.25) is 4.90 Å². The van der Waals surface area contributed by atoms with Gasteiger partial charge in [0.15, 0.2) is 0 Å². The average Bonchev–Trinajstić information content (AvgIpc) is 3.05. The van der Waals surface area contributed by atoms with E-state index in [1.54, 1.807) is 0 Å². The summed E-state index contributed by atoms with van der Waals surface area (Å²) >= 11 is 3.76. The number of fused-ring (bicyclic) bond motifs is 2. The van der Waals surface area contributed by atoms with Gasteiger partial charge in [-0.25, -0.2) is 4.99 Å². The second-order valence-electron chi connectivity index (χ2n) is 8.17. The first-order valence-electron chi connectivity index (χ1n) is 10.6. The van der Waals surface area contributed by atoms with Crippen molar-refractivity contribution in [2.24, 2.45) is 4.99 Å². The number of hydrogen-bond donors (Lipinski definition) is 0. The van der Waals surface area contributed by atoms with Crippen LogP contribution in [0.3, 0.4) is 0 Å². The minimum absolute atomic E-state index is 0.538. The maximum absolute atomic E-state index is 5.21. The normalized spacial score (nSPS) is 19.1. The molecule has 1 aromatic heterocycles. The number of likely N-dealkylation sites (N-methyl/N-ethyl adjacent to an activating group) is 1. The van der Waals surface area contributed by atoms with Crippen molar-refractivity contribution in [3.8, 4) is 0 Å². The number of nitrogens with zero attached hydrogens (tertiary/aromatic N) is 3. The lowest BCUT2D eigenvalue weighted by Crippen LogP contribution is -2.53. The molecule has 2 aliphatic rings. The van der Waals surface area contributed by atoms with E-state index in [0.29, 0.717) is 6.04 Å². The maximum Gasteiger partial charge on any atom is 0.138 e. The summed E-state index contributed by atoms with van der Waals surface area (Å²) < 4.78 is 1.37. The van der Waals surface area contributed by atoms with Crippen molar-refractivity contribution < 1.29 is 0 Å². The molecule has 154 valence electrons. The van der Waals surface area contributed by atoms with Crippen LogP contribution < -0.4 is 0 Å². The Hall–Kier alpha value is -2.08. The van der Waals surface area contributed by atoms with Gasteiger partial charge in [-0.1, -0.05) is 54.2 Å². The summed E-state index contributed by atoms with van der Waals surface area (Å²) in [4.78, 5) is 12.9. The lowest BCUT2D eigenvalue weighted by molar-refractivity contribution is 0.134. The first kappa shape index (κ1) is 19.9. The fraction of sp³-hybridized carbons (Fsp3) is 0.320. The molecule has 2 aromatic carbocycles. The van der Waals surface area contributed by atoms with Crippen LogP contribution >= 0.6 is 23.1 Å². The second kappa shape index (κ2) is 8.58. The van der Waals surface area contributed by atoms with Crippen molar-refractivity contribution in [1.29, 1.82) is 0 Å². The average molecular weight is 434 g/mol. The van der Waals surface area contributed by atoms with Crippen LogP contribution in [0.15, 0.2) is 74.8 Å². The first-order chi connectivity index (χ1) is 14.7. The van der Waals surface area contributed by atoms with Crippen LogP contribution in [0.2, 0.25) is 0 Å². The van der Waals surface area contributed by atoms with Gasteiger partial charge in [0, 0.05) is 41.0 Å². The molecule has 1 unspecified atom stereocenters. The standard InChI is InChI=1S/C25H27N3S2/c1-18-16-21-24(26-22-10-6-7-11-23(22)30-25(21)29-18)28-15-14-27(2)20(17-28)13-12-19-8-4-3-5-9-19/h3-11,16,20H,12-15,17H2,1-2H3. The molecule has 0 N–H and O–H groups in total. The molecule has 3 heterocycles. The molecule has 5 rings (SSSR count). The van der Waals surface area contributed by atoms with Crippen molar-refractivity contribution in [1.82, 2.24) is 9.80 Å². The van der Waals surface area contributed by atoms with Crippen molar-refractivity contribution in [2.75, 3.05) is 26.7 Å². The molecule has 3 nitrogen and oxygen atoms in total. The van der Waals surface area contributed by atoms with Gasteiger partial charge in [-0.05, 0) is 50.6 Å². The number of benzene rings is 2. The Balaban J connectivity index is 1.42. The fourth-order valence-corrected chi connectivity index (χ4v) is 6.69. The van der Waals surface area contributed by atoms with E-state index >= 15 is 0 Å². The van der Waals surface area contributed by atoms with Crippen molar-refractivity contribution >= 4 is 34.6 Å². The molecule has 1 saturated heterocycles. The van der Waals surface area contributed by atoms with Crippen LogP contribution in [0.25, 0.3) is 0 Å². The summed E-state index contributed by atoms with van der Waals surface area (Å²) in [5.41, 5.74) is 3.83. The minimum atomic E-state index is 0.538. The lowest BCUT2D eigenvalue weighted by atomic mass is 10.0. The van der Waals surface area contributed by atoms with E-state index in [0.717, 1.165) is 37.6 Å². The first-order valence-corrected chi connectivity index (χ1v) is 12.3. The van der Waals surface area contributed by atoms with Gasteiger partial charge in [0.05, 0.1) is 9.90 Å². The number of aryl methyl sites for hydroxylation is 2. The van der Waals surface area contributed by atoms with Gasteiger partial charge in [-0.15, -0.1) is 11.3 Å². The summed E-state index contributed by atoms with van der Waals surface area (Å²) in [7, 11) is 2.27. The van der Waals surface area contributed by atoms with Crippen molar-refractivity contribution in [2.45, 2.75) is 34.9 Å². The Bertz CT molecular complexity index is 1060. The van der Waals surface area contributed by atoms with E-state index in [2.05, 4.69) is 84.4 Å². The van der Waals surface area contributed by atoms with Crippen LogP contribution in [-0.2, 0) is 6.42 Å². The largest absolute Gasteiger partial charge is 0.353 e. The molecule has 5 heteroatoms. The quantitative estimate of drug-likeness (QED) is 0.516. The predicted octanol–water partition coefficient (Wildman–Crippen LogP) is 5.85. The third kappa shape index (κ3) is 4.07. The lowest BCUT2D eigenvalue weighted by Gasteiger charge is -2.41. The molecule has 0 bridgehead atoms. The summed E-state index contributed by atoms with van der Waals surface area (Å²) in [6.07, 6.45) is 2.29. The molecule has 1 atom stereocenters. The van der Waals surface area contributed by atoms with Gasteiger partial charge < -0.3 is 4.90 Å². The van der Waals surface area contributed by atoms with Crippen LogP contribution in [0, 0.1) is 6.92 Å². The third-order valence-electron chi connectivity index (χ3n) is 6.04. The Morgan fingerprint density at radius 1 is 1.03 bits per heavy atom. The zero-order valence-corrected chi connectivity index (χ0v) is 19.2. The number of amidine groups is 1. The molecule has 2 aliphatic heterocycles. The number of thiophene rings is 1. The molecule has 3 aromatic rings. The second-order valence-corrected chi connectivity index (χ2v) is 10.7. The van der Waals surface area contributed by atoms with Crippen molar-refractivity contribution in [3.63, 3.8) is 0 Å². The number of para-hydroxylation sites is 1. The number of rotatable bonds is 3. The highest BCUT2D eigenvalue weighted by atomic mass is 32.2. The van der Waals surface area contributed by atoms with Crippen LogP contribution in [0.5, 0.6) is 0 Å². The summed E-state index contributed by atoms with van der Waals surface area (Å²) in [5.74, 6) is 1.16. The van der Waals surface area contributed by atoms with Gasteiger partial charge in [0.25, 0.3) is 0 Å². The van der Waals surface area contributed by atoms with Gasteiger partial charge in [0.1, 0.15) is 5.84 Å².